The van der Waals surface area contributed by atoms with Crippen LogP contribution in [0.25, 0.3) is 0 Å². The number of pyridine rings is 1. The number of likely N-dealkylation sites (tertiary alicyclic amines) is 1. The lowest BCUT2D eigenvalue weighted by Gasteiger charge is -2.32. The summed E-state index contributed by atoms with van der Waals surface area (Å²) < 4.78 is 4.93. The third kappa shape index (κ3) is 4.62. The van der Waals surface area contributed by atoms with Gasteiger partial charge in [-0.2, -0.15) is 0 Å². The quantitative estimate of drug-likeness (QED) is 0.633. The predicted octanol–water partition coefficient (Wildman–Crippen LogP) is 1.74. The number of carbonyl (C=O) groups is 1. The van der Waals surface area contributed by atoms with Gasteiger partial charge in [-0.1, -0.05) is 0 Å². The Labute approximate surface area is 135 Å². The molecule has 8 nitrogen and oxygen atoms in total. The van der Waals surface area contributed by atoms with Crippen LogP contribution < -0.4 is 5.32 Å². The predicted molar refractivity (Wildman–Crippen MR) is 85.3 cm³/mol. The number of aryl methyl sites for hydroxylation is 1. The van der Waals surface area contributed by atoms with Crippen molar-refractivity contribution in [2.75, 3.05) is 32.1 Å². The van der Waals surface area contributed by atoms with Crippen LogP contribution in [-0.4, -0.2) is 53.6 Å². The molecule has 1 fully saturated rings. The molecule has 126 valence electrons. The van der Waals surface area contributed by atoms with Crippen molar-refractivity contribution in [1.82, 2.24) is 9.88 Å². The van der Waals surface area contributed by atoms with Crippen molar-refractivity contribution in [3.63, 3.8) is 0 Å². The fourth-order valence-corrected chi connectivity index (χ4v) is 2.65. The van der Waals surface area contributed by atoms with E-state index in [0.717, 1.165) is 12.8 Å². The number of aromatic nitrogens is 1. The highest BCUT2D eigenvalue weighted by molar-refractivity contribution is 5.76. The van der Waals surface area contributed by atoms with Crippen molar-refractivity contribution < 1.29 is 14.5 Å². The smallest absolute Gasteiger partial charge is 0.290 e. The molecule has 0 bridgehead atoms. The van der Waals surface area contributed by atoms with E-state index in [-0.39, 0.29) is 17.6 Å². The van der Waals surface area contributed by atoms with E-state index >= 15 is 0 Å². The molecule has 0 atom stereocenters. The van der Waals surface area contributed by atoms with Gasteiger partial charge in [-0.3, -0.25) is 14.9 Å². The van der Waals surface area contributed by atoms with E-state index in [0.29, 0.717) is 37.5 Å². The van der Waals surface area contributed by atoms with Crippen molar-refractivity contribution in [1.29, 1.82) is 0 Å². The zero-order valence-corrected chi connectivity index (χ0v) is 13.4. The molecular formula is C15H22N4O4. The molecule has 1 saturated heterocycles. The number of nitrogens with zero attached hydrogens (tertiary/aromatic N) is 3. The highest BCUT2D eigenvalue weighted by Crippen LogP contribution is 2.21. The number of piperidine rings is 1. The summed E-state index contributed by atoms with van der Waals surface area (Å²) in [6.07, 6.45) is 3.35. The molecule has 8 heteroatoms. The van der Waals surface area contributed by atoms with E-state index in [1.807, 2.05) is 4.90 Å². The molecule has 1 amide bonds. The maximum Gasteiger partial charge on any atom is 0.290 e. The zero-order valence-electron chi connectivity index (χ0n) is 13.4. The van der Waals surface area contributed by atoms with Gasteiger partial charge in [0.2, 0.25) is 5.91 Å². The number of rotatable bonds is 6. The van der Waals surface area contributed by atoms with Gasteiger partial charge in [0.05, 0.1) is 18.0 Å². The summed E-state index contributed by atoms with van der Waals surface area (Å²) in [5.41, 5.74) is 0.605. The van der Waals surface area contributed by atoms with E-state index in [1.54, 1.807) is 20.1 Å². The van der Waals surface area contributed by atoms with Crippen LogP contribution in [0.1, 0.15) is 24.8 Å². The Morgan fingerprint density at radius 3 is 2.78 bits per heavy atom. The monoisotopic (exact) mass is 322 g/mol. The first kappa shape index (κ1) is 17.1. The summed E-state index contributed by atoms with van der Waals surface area (Å²) in [4.78, 5) is 28.2. The van der Waals surface area contributed by atoms with Gasteiger partial charge in [-0.25, -0.2) is 4.98 Å². The number of methoxy groups -OCH3 is 1. The summed E-state index contributed by atoms with van der Waals surface area (Å²) in [6.45, 7) is 3.55. The van der Waals surface area contributed by atoms with Gasteiger partial charge in [-0.05, 0) is 25.8 Å². The Morgan fingerprint density at radius 1 is 1.52 bits per heavy atom. The van der Waals surface area contributed by atoms with Crippen LogP contribution in [0.15, 0.2) is 12.3 Å². The van der Waals surface area contributed by atoms with E-state index in [9.17, 15) is 14.9 Å². The number of ether oxygens (including phenoxy) is 1. The summed E-state index contributed by atoms with van der Waals surface area (Å²) in [7, 11) is 1.59. The SMILES string of the molecule is COCCC(=O)N1CCC(Nc2cc(C)c([N+](=O)[O-])cn2)CC1. The van der Waals surface area contributed by atoms with Crippen LogP contribution in [0.2, 0.25) is 0 Å². The molecule has 2 rings (SSSR count). The minimum absolute atomic E-state index is 0.0223. The van der Waals surface area contributed by atoms with E-state index < -0.39 is 4.92 Å². The van der Waals surface area contributed by atoms with Crippen molar-refractivity contribution in [3.05, 3.63) is 27.9 Å². The molecule has 23 heavy (non-hydrogen) atoms. The Kier molecular flexibility index (Phi) is 5.86. The van der Waals surface area contributed by atoms with Crippen LogP contribution in [0.4, 0.5) is 11.5 Å². The standard InChI is InChI=1S/C15H22N4O4/c1-11-9-14(16-10-13(11)19(21)22)17-12-3-6-18(7-4-12)15(20)5-8-23-2/h9-10,12H,3-8H2,1-2H3,(H,16,17). The van der Waals surface area contributed by atoms with Crippen LogP contribution in [0.3, 0.4) is 0 Å². The molecule has 2 heterocycles. The van der Waals surface area contributed by atoms with E-state index in [2.05, 4.69) is 10.3 Å². The number of amides is 1. The van der Waals surface area contributed by atoms with Gasteiger partial charge in [-0.15, -0.1) is 0 Å². The molecule has 0 aliphatic carbocycles. The molecule has 1 aromatic rings. The van der Waals surface area contributed by atoms with Crippen molar-refractivity contribution >= 4 is 17.4 Å². The van der Waals surface area contributed by atoms with Gasteiger partial charge in [0.1, 0.15) is 12.0 Å². The molecule has 0 radical (unpaired) electrons. The minimum Gasteiger partial charge on any atom is -0.384 e. The lowest BCUT2D eigenvalue weighted by atomic mass is 10.0. The largest absolute Gasteiger partial charge is 0.384 e. The Morgan fingerprint density at radius 2 is 2.22 bits per heavy atom. The number of anilines is 1. The highest BCUT2D eigenvalue weighted by Gasteiger charge is 2.23. The van der Waals surface area contributed by atoms with Crippen molar-refractivity contribution in [2.24, 2.45) is 0 Å². The van der Waals surface area contributed by atoms with Crippen molar-refractivity contribution in [3.8, 4) is 0 Å². The zero-order chi connectivity index (χ0) is 16.8. The molecule has 0 unspecified atom stereocenters. The molecule has 1 aromatic heterocycles. The third-order valence-electron chi connectivity index (χ3n) is 4.00. The first-order chi connectivity index (χ1) is 11.0. The Hall–Kier alpha value is -2.22. The maximum atomic E-state index is 11.9. The second-order valence-electron chi connectivity index (χ2n) is 5.66. The van der Waals surface area contributed by atoms with Crippen LogP contribution >= 0.6 is 0 Å². The summed E-state index contributed by atoms with van der Waals surface area (Å²) in [5, 5.41) is 14.1. The highest BCUT2D eigenvalue weighted by atomic mass is 16.6. The average molecular weight is 322 g/mol. The molecule has 1 aliphatic rings. The van der Waals surface area contributed by atoms with Crippen LogP contribution in [0, 0.1) is 17.0 Å². The molecule has 1 aliphatic heterocycles. The van der Waals surface area contributed by atoms with Gasteiger partial charge in [0.15, 0.2) is 0 Å². The number of hydrogen-bond donors (Lipinski definition) is 1. The van der Waals surface area contributed by atoms with Gasteiger partial charge >= 0.3 is 0 Å². The molecule has 0 saturated carbocycles. The lowest BCUT2D eigenvalue weighted by Crippen LogP contribution is -2.42. The third-order valence-corrected chi connectivity index (χ3v) is 4.00. The molecule has 0 spiro atoms. The molecular weight excluding hydrogens is 300 g/mol. The van der Waals surface area contributed by atoms with Gasteiger partial charge in [0, 0.05) is 31.8 Å². The number of carbonyl (C=O) groups excluding carboxylic acids is 1. The minimum atomic E-state index is -0.434. The topological polar surface area (TPSA) is 97.6 Å². The normalized spacial score (nSPS) is 15.5. The van der Waals surface area contributed by atoms with E-state index in [4.69, 9.17) is 4.74 Å². The first-order valence-corrected chi connectivity index (χ1v) is 7.65. The van der Waals surface area contributed by atoms with Crippen LogP contribution in [-0.2, 0) is 9.53 Å². The fourth-order valence-electron chi connectivity index (χ4n) is 2.65. The number of hydrogen-bond acceptors (Lipinski definition) is 6. The van der Waals surface area contributed by atoms with Crippen LogP contribution in [0.5, 0.6) is 0 Å². The summed E-state index contributed by atoms with van der Waals surface area (Å²) in [6, 6.07) is 1.91. The summed E-state index contributed by atoms with van der Waals surface area (Å²) in [5.74, 6) is 0.756. The number of nitrogens with one attached hydrogen (secondary N) is 1. The average Bonchev–Trinajstić information content (AvgIpc) is 2.53. The molecule has 0 aromatic carbocycles. The Bertz CT molecular complexity index is 571. The molecule has 1 N–H and O–H groups in total. The van der Waals surface area contributed by atoms with Gasteiger partial charge in [0.25, 0.3) is 5.69 Å². The number of nitro groups is 1. The lowest BCUT2D eigenvalue weighted by molar-refractivity contribution is -0.385. The van der Waals surface area contributed by atoms with E-state index in [1.165, 1.54) is 6.20 Å². The first-order valence-electron chi connectivity index (χ1n) is 7.65. The summed E-state index contributed by atoms with van der Waals surface area (Å²) >= 11 is 0. The second kappa shape index (κ2) is 7.87. The van der Waals surface area contributed by atoms with Gasteiger partial charge < -0.3 is 15.0 Å². The fraction of sp³-hybridized carbons (Fsp3) is 0.600. The maximum absolute atomic E-state index is 11.9. The Balaban J connectivity index is 1.86. The second-order valence-corrected chi connectivity index (χ2v) is 5.66. The van der Waals surface area contributed by atoms with Crippen molar-refractivity contribution in [2.45, 2.75) is 32.2 Å².